The van der Waals surface area contributed by atoms with Crippen molar-refractivity contribution in [3.05, 3.63) is 94.8 Å². The van der Waals surface area contributed by atoms with Crippen LogP contribution >= 0.6 is 12.4 Å². The Labute approximate surface area is 159 Å². The maximum atomic E-state index is 9.49. The molecule has 0 spiro atoms. The number of halogens is 1. The van der Waals surface area contributed by atoms with E-state index in [2.05, 4.69) is 17.0 Å². The molecule has 1 unspecified atom stereocenters. The number of phenols is 1. The molecule has 2 aromatic carbocycles. The zero-order valence-electron chi connectivity index (χ0n) is 14.0. The highest BCUT2D eigenvalue weighted by Gasteiger charge is 2.15. The van der Waals surface area contributed by atoms with Gasteiger partial charge in [-0.3, -0.25) is 4.98 Å². The monoisotopic (exact) mass is 360 g/mol. The Kier molecular flexibility index (Phi) is 6.39. The van der Waals surface area contributed by atoms with Crippen LogP contribution in [-0.4, -0.2) is 10.1 Å². The van der Waals surface area contributed by atoms with Crippen molar-refractivity contribution in [1.82, 2.24) is 4.98 Å². The molecule has 1 N–H and O–H groups in total. The first-order valence-corrected chi connectivity index (χ1v) is 7.88. The number of benzene rings is 2. The predicted octanol–water partition coefficient (Wildman–Crippen LogP) is 4.44. The quantitative estimate of drug-likeness (QED) is 0.700. The van der Waals surface area contributed by atoms with Gasteiger partial charge in [0.1, 0.15) is 5.75 Å². The number of nitrogens with zero attached hydrogens (tertiary/aromatic N) is 2. The molecule has 26 heavy (non-hydrogen) atoms. The Morgan fingerprint density at radius 2 is 1.73 bits per heavy atom. The number of hydrogen-bond donors (Lipinski definition) is 1. The van der Waals surface area contributed by atoms with Crippen molar-refractivity contribution in [2.45, 2.75) is 12.3 Å². The second-order valence-electron chi connectivity index (χ2n) is 5.75. The van der Waals surface area contributed by atoms with Crippen molar-refractivity contribution < 1.29 is 5.11 Å². The highest BCUT2D eigenvalue weighted by molar-refractivity contribution is 5.85. The van der Waals surface area contributed by atoms with E-state index in [9.17, 15) is 5.11 Å². The van der Waals surface area contributed by atoms with E-state index < -0.39 is 0 Å². The normalized spacial score (nSPS) is 10.8. The lowest BCUT2D eigenvalue weighted by molar-refractivity contribution is 0.475. The maximum absolute atomic E-state index is 9.49. The molecule has 0 aliphatic rings. The molecule has 1 atom stereocenters. The van der Waals surface area contributed by atoms with Crippen molar-refractivity contribution >= 4 is 12.4 Å². The zero-order chi connectivity index (χ0) is 17.6. The van der Waals surface area contributed by atoms with Gasteiger partial charge in [0.05, 0.1) is 17.6 Å². The van der Waals surface area contributed by atoms with Crippen LogP contribution < -0.4 is 0 Å². The number of rotatable bonds is 4. The average Bonchev–Trinajstić information content (AvgIpc) is 2.66. The Bertz CT molecular complexity index is 951. The lowest BCUT2D eigenvalue weighted by Crippen LogP contribution is -2.04. The first-order valence-electron chi connectivity index (χ1n) is 7.88. The van der Waals surface area contributed by atoms with Gasteiger partial charge in [0.25, 0.3) is 0 Å². The van der Waals surface area contributed by atoms with Crippen LogP contribution in [0.25, 0.3) is 0 Å². The smallest absolute Gasteiger partial charge is 0.115 e. The van der Waals surface area contributed by atoms with E-state index in [1.54, 1.807) is 18.3 Å². The van der Waals surface area contributed by atoms with Gasteiger partial charge in [-0.25, -0.2) is 0 Å². The van der Waals surface area contributed by atoms with Gasteiger partial charge in [-0.05, 0) is 59.0 Å². The topological polar surface area (TPSA) is 56.9 Å². The van der Waals surface area contributed by atoms with Crippen molar-refractivity contribution in [3.63, 3.8) is 0 Å². The summed E-state index contributed by atoms with van der Waals surface area (Å²) in [5.74, 6) is 2.85. The van der Waals surface area contributed by atoms with E-state index >= 15 is 0 Å². The second kappa shape index (κ2) is 8.72. The summed E-state index contributed by atoms with van der Waals surface area (Å²) in [5, 5.41) is 18.4. The van der Waals surface area contributed by atoms with Crippen LogP contribution in [0.4, 0.5) is 0 Å². The lowest BCUT2D eigenvalue weighted by atomic mass is 9.88. The number of hydrogen-bond acceptors (Lipinski definition) is 3. The molecule has 0 amide bonds. The molecule has 128 valence electrons. The minimum absolute atomic E-state index is 0. The first-order chi connectivity index (χ1) is 12.2. The molecule has 4 heteroatoms. The Morgan fingerprint density at radius 3 is 2.35 bits per heavy atom. The summed E-state index contributed by atoms with van der Waals surface area (Å²) < 4.78 is 0. The number of pyridine rings is 1. The maximum Gasteiger partial charge on any atom is 0.115 e. The standard InChI is InChI=1S/C22H16N2O.ClH/c1-2-21(18-7-9-20(25)10-8-18)22-11-12-24-15-19(22)13-16-3-5-17(14-23)6-4-16;/h1,3-12,15,21,25H,13H2;1H. The van der Waals surface area contributed by atoms with Crippen LogP contribution in [0.3, 0.4) is 0 Å². The van der Waals surface area contributed by atoms with Gasteiger partial charge in [0.2, 0.25) is 0 Å². The summed E-state index contributed by atoms with van der Waals surface area (Å²) in [6, 6.07) is 18.5. The molecular formula is C22H17ClN2O. The van der Waals surface area contributed by atoms with Crippen LogP contribution in [-0.2, 0) is 6.42 Å². The minimum atomic E-state index is -0.211. The average molecular weight is 361 g/mol. The summed E-state index contributed by atoms with van der Waals surface area (Å²) >= 11 is 0. The highest BCUT2D eigenvalue weighted by Crippen LogP contribution is 2.28. The molecule has 3 aromatic rings. The van der Waals surface area contributed by atoms with E-state index in [0.717, 1.165) is 22.3 Å². The van der Waals surface area contributed by atoms with Gasteiger partial charge in [-0.1, -0.05) is 30.2 Å². The molecule has 1 heterocycles. The van der Waals surface area contributed by atoms with E-state index in [-0.39, 0.29) is 24.1 Å². The Hall–Kier alpha value is -3.27. The predicted molar refractivity (Wildman–Crippen MR) is 104 cm³/mol. The number of terminal acetylenes is 1. The van der Waals surface area contributed by atoms with Crippen LogP contribution in [0.5, 0.6) is 5.75 Å². The third-order valence-electron chi connectivity index (χ3n) is 4.12. The van der Waals surface area contributed by atoms with Gasteiger partial charge in [-0.2, -0.15) is 5.26 Å². The highest BCUT2D eigenvalue weighted by atomic mass is 35.5. The molecular weight excluding hydrogens is 344 g/mol. The minimum Gasteiger partial charge on any atom is -0.508 e. The number of nitriles is 1. The second-order valence-corrected chi connectivity index (χ2v) is 5.75. The van der Waals surface area contributed by atoms with E-state index in [1.807, 2.05) is 48.7 Å². The lowest BCUT2D eigenvalue weighted by Gasteiger charge is -2.16. The van der Waals surface area contributed by atoms with Crippen molar-refractivity contribution in [3.8, 4) is 24.2 Å². The van der Waals surface area contributed by atoms with E-state index in [0.29, 0.717) is 12.0 Å². The van der Waals surface area contributed by atoms with Gasteiger partial charge >= 0.3 is 0 Å². The summed E-state index contributed by atoms with van der Waals surface area (Å²) in [4.78, 5) is 4.24. The summed E-state index contributed by atoms with van der Waals surface area (Å²) in [6.45, 7) is 0. The van der Waals surface area contributed by atoms with Crippen LogP contribution in [0.1, 0.15) is 33.7 Å². The first kappa shape index (κ1) is 19.1. The van der Waals surface area contributed by atoms with Gasteiger partial charge in [-0.15, -0.1) is 18.8 Å². The molecule has 0 bridgehead atoms. The SMILES string of the molecule is C#CC(c1ccc(O)cc1)c1ccncc1Cc1ccc(C#N)cc1.Cl. The summed E-state index contributed by atoms with van der Waals surface area (Å²) in [5.41, 5.74) is 4.75. The molecule has 0 radical (unpaired) electrons. The van der Waals surface area contributed by atoms with Crippen LogP contribution in [0, 0.1) is 23.7 Å². The fourth-order valence-corrected chi connectivity index (χ4v) is 2.82. The van der Waals surface area contributed by atoms with Crippen molar-refractivity contribution in [1.29, 1.82) is 5.26 Å². The molecule has 3 nitrogen and oxygen atoms in total. The Morgan fingerprint density at radius 1 is 1.04 bits per heavy atom. The fraction of sp³-hybridized carbons (Fsp3) is 0.0909. The molecule has 1 aromatic heterocycles. The number of aromatic nitrogens is 1. The third kappa shape index (κ3) is 4.22. The molecule has 0 aliphatic carbocycles. The summed E-state index contributed by atoms with van der Waals surface area (Å²) in [7, 11) is 0. The number of aromatic hydroxyl groups is 1. The molecule has 0 aliphatic heterocycles. The zero-order valence-corrected chi connectivity index (χ0v) is 14.8. The van der Waals surface area contributed by atoms with Gasteiger partial charge in [0, 0.05) is 12.4 Å². The van der Waals surface area contributed by atoms with E-state index in [4.69, 9.17) is 11.7 Å². The van der Waals surface area contributed by atoms with Gasteiger partial charge in [0.15, 0.2) is 0 Å². The van der Waals surface area contributed by atoms with Gasteiger partial charge < -0.3 is 5.11 Å². The summed E-state index contributed by atoms with van der Waals surface area (Å²) in [6.07, 6.45) is 10.1. The van der Waals surface area contributed by atoms with Crippen molar-refractivity contribution in [2.24, 2.45) is 0 Å². The van der Waals surface area contributed by atoms with Crippen LogP contribution in [0.2, 0.25) is 0 Å². The molecule has 3 rings (SSSR count). The largest absolute Gasteiger partial charge is 0.508 e. The molecule has 0 saturated heterocycles. The molecule has 0 saturated carbocycles. The third-order valence-corrected chi connectivity index (χ3v) is 4.12. The van der Waals surface area contributed by atoms with Crippen molar-refractivity contribution in [2.75, 3.05) is 0 Å². The Balaban J connectivity index is 0.00000243. The molecule has 0 fully saturated rings. The van der Waals surface area contributed by atoms with E-state index in [1.165, 1.54) is 0 Å². The van der Waals surface area contributed by atoms with Crippen LogP contribution in [0.15, 0.2) is 67.0 Å². The fourth-order valence-electron chi connectivity index (χ4n) is 2.82. The number of phenolic OH excluding ortho intramolecular Hbond substituents is 1.